The molecule has 0 saturated heterocycles. The Bertz CT molecular complexity index is 429. The molecule has 17 heavy (non-hydrogen) atoms. The van der Waals surface area contributed by atoms with Gasteiger partial charge in [0.15, 0.2) is 0 Å². The van der Waals surface area contributed by atoms with Crippen LogP contribution in [0.2, 0.25) is 24.7 Å². The highest BCUT2D eigenvalue weighted by Gasteiger charge is 2.13. The summed E-state index contributed by atoms with van der Waals surface area (Å²) in [5, 5.41) is 1.08. The maximum Gasteiger partial charge on any atom is 0.141 e. The number of halogens is 2. The third-order valence-electron chi connectivity index (χ3n) is 2.06. The van der Waals surface area contributed by atoms with Crippen molar-refractivity contribution in [2.24, 2.45) is 4.99 Å². The van der Waals surface area contributed by atoms with Gasteiger partial charge in [-0.2, -0.15) is 0 Å². The molecular weight excluding hydrogens is 273 g/mol. The minimum atomic E-state index is -1.20. The van der Waals surface area contributed by atoms with Crippen LogP contribution in [0, 0.1) is 5.82 Å². The average molecular weight is 290 g/mol. The molecule has 0 aromatic heterocycles. The number of thioether (sulfide) groups is 1. The van der Waals surface area contributed by atoms with Crippen LogP contribution >= 0.6 is 23.4 Å². The standard InChI is InChI=1S/C12H17ClFNSSi/c1-16-12(15-8-17(2,3)4)9-5-6-11(14)10(13)7-9/h5-7H,8H2,1-4H3. The van der Waals surface area contributed by atoms with Gasteiger partial charge in [0, 0.05) is 11.7 Å². The van der Waals surface area contributed by atoms with Gasteiger partial charge in [-0.25, -0.2) is 4.39 Å². The lowest BCUT2D eigenvalue weighted by atomic mass is 10.2. The van der Waals surface area contributed by atoms with Crippen LogP contribution in [0.3, 0.4) is 0 Å². The van der Waals surface area contributed by atoms with Crippen LogP contribution in [-0.2, 0) is 0 Å². The summed E-state index contributed by atoms with van der Waals surface area (Å²) in [4.78, 5) is 4.61. The summed E-state index contributed by atoms with van der Waals surface area (Å²) in [5.41, 5.74) is 0.891. The van der Waals surface area contributed by atoms with Crippen molar-refractivity contribution in [1.82, 2.24) is 0 Å². The van der Waals surface area contributed by atoms with E-state index in [2.05, 4.69) is 24.6 Å². The van der Waals surface area contributed by atoms with Crippen molar-refractivity contribution in [3.05, 3.63) is 34.6 Å². The van der Waals surface area contributed by atoms with Crippen LogP contribution in [0.4, 0.5) is 4.39 Å². The fourth-order valence-electron chi connectivity index (χ4n) is 1.21. The third kappa shape index (κ3) is 4.82. The van der Waals surface area contributed by atoms with E-state index in [-0.39, 0.29) is 10.8 Å². The van der Waals surface area contributed by atoms with Gasteiger partial charge in [0.25, 0.3) is 0 Å². The van der Waals surface area contributed by atoms with E-state index in [1.807, 2.05) is 6.26 Å². The summed E-state index contributed by atoms with van der Waals surface area (Å²) >= 11 is 7.34. The van der Waals surface area contributed by atoms with Gasteiger partial charge in [-0.3, -0.25) is 4.99 Å². The van der Waals surface area contributed by atoms with Crippen molar-refractivity contribution in [1.29, 1.82) is 0 Å². The van der Waals surface area contributed by atoms with Gasteiger partial charge in [-0.05, 0) is 24.5 Å². The van der Waals surface area contributed by atoms with Crippen LogP contribution in [0.5, 0.6) is 0 Å². The Labute approximate surface area is 112 Å². The molecule has 5 heteroatoms. The third-order valence-corrected chi connectivity index (χ3v) is 4.20. The van der Waals surface area contributed by atoms with Crippen molar-refractivity contribution in [3.8, 4) is 0 Å². The Morgan fingerprint density at radius 2 is 2.06 bits per heavy atom. The fourth-order valence-corrected chi connectivity index (χ4v) is 2.70. The average Bonchev–Trinajstić information content (AvgIpc) is 2.22. The molecular formula is C12H17ClFNSSi. The van der Waals surface area contributed by atoms with E-state index < -0.39 is 8.07 Å². The van der Waals surface area contributed by atoms with Gasteiger partial charge in [-0.15, -0.1) is 11.8 Å². The second-order valence-corrected chi connectivity index (χ2v) is 11.7. The zero-order valence-electron chi connectivity index (χ0n) is 10.6. The summed E-state index contributed by atoms with van der Waals surface area (Å²) < 4.78 is 13.1. The second kappa shape index (κ2) is 6.02. The maximum atomic E-state index is 13.1. The van der Waals surface area contributed by atoms with E-state index in [9.17, 15) is 4.39 Å². The molecule has 0 N–H and O–H groups in total. The number of nitrogens with zero attached hydrogens (tertiary/aromatic N) is 1. The molecule has 0 spiro atoms. The van der Waals surface area contributed by atoms with E-state index in [0.29, 0.717) is 0 Å². The van der Waals surface area contributed by atoms with Crippen LogP contribution in [0.1, 0.15) is 5.56 Å². The van der Waals surface area contributed by atoms with Crippen LogP contribution in [0.25, 0.3) is 0 Å². The van der Waals surface area contributed by atoms with Crippen molar-refractivity contribution >= 4 is 36.5 Å². The van der Waals surface area contributed by atoms with Crippen LogP contribution in [-0.4, -0.2) is 25.5 Å². The first-order valence-corrected chi connectivity index (χ1v) is 10.7. The summed E-state index contributed by atoms with van der Waals surface area (Å²) in [7, 11) is -1.20. The Balaban J connectivity index is 2.97. The Morgan fingerprint density at radius 3 is 2.53 bits per heavy atom. The van der Waals surface area contributed by atoms with E-state index >= 15 is 0 Å². The lowest BCUT2D eigenvalue weighted by Crippen LogP contribution is -2.25. The maximum absolute atomic E-state index is 13.1. The number of hydrogen-bond donors (Lipinski definition) is 0. The monoisotopic (exact) mass is 289 g/mol. The minimum absolute atomic E-state index is 0.150. The van der Waals surface area contributed by atoms with E-state index in [4.69, 9.17) is 11.6 Å². The minimum Gasteiger partial charge on any atom is -0.281 e. The van der Waals surface area contributed by atoms with Gasteiger partial charge in [0.1, 0.15) is 5.82 Å². The van der Waals surface area contributed by atoms with Gasteiger partial charge >= 0.3 is 0 Å². The molecule has 0 aliphatic carbocycles. The van der Waals surface area contributed by atoms with Gasteiger partial charge < -0.3 is 0 Å². The highest BCUT2D eigenvalue weighted by Crippen LogP contribution is 2.20. The molecule has 0 fully saturated rings. The van der Waals surface area contributed by atoms with E-state index in [1.54, 1.807) is 23.9 Å². The van der Waals surface area contributed by atoms with Crippen molar-refractivity contribution in [2.75, 3.05) is 12.4 Å². The smallest absolute Gasteiger partial charge is 0.141 e. The zero-order chi connectivity index (χ0) is 13.1. The highest BCUT2D eigenvalue weighted by molar-refractivity contribution is 8.13. The quantitative estimate of drug-likeness (QED) is 0.454. The Kier molecular flexibility index (Phi) is 5.22. The predicted molar refractivity (Wildman–Crippen MR) is 79.7 cm³/mol. The molecule has 1 rings (SSSR count). The molecule has 0 heterocycles. The van der Waals surface area contributed by atoms with Gasteiger partial charge in [0.05, 0.1) is 18.1 Å². The van der Waals surface area contributed by atoms with Gasteiger partial charge in [0.2, 0.25) is 0 Å². The van der Waals surface area contributed by atoms with Gasteiger partial charge in [-0.1, -0.05) is 31.2 Å². The fraction of sp³-hybridized carbons (Fsp3) is 0.417. The summed E-state index contributed by atoms with van der Waals surface area (Å²) in [6.07, 6.45) is 2.85. The van der Waals surface area contributed by atoms with E-state index in [0.717, 1.165) is 16.8 Å². The molecule has 1 aromatic carbocycles. The normalized spacial score (nSPS) is 12.9. The molecule has 1 nitrogen and oxygen atoms in total. The molecule has 0 bridgehead atoms. The van der Waals surface area contributed by atoms with E-state index in [1.165, 1.54) is 6.07 Å². The predicted octanol–water partition coefficient (Wildman–Crippen LogP) is 4.47. The molecule has 94 valence electrons. The topological polar surface area (TPSA) is 12.4 Å². The molecule has 0 atom stereocenters. The zero-order valence-corrected chi connectivity index (χ0v) is 13.1. The first-order chi connectivity index (χ1) is 7.83. The molecule has 0 radical (unpaired) electrons. The second-order valence-electron chi connectivity index (χ2n) is 5.02. The SMILES string of the molecule is CSC(=NC[Si](C)(C)C)c1ccc(F)c(Cl)c1. The van der Waals surface area contributed by atoms with Crippen molar-refractivity contribution in [2.45, 2.75) is 19.6 Å². The summed E-state index contributed by atoms with van der Waals surface area (Å²) in [5.74, 6) is -0.388. The molecule has 0 amide bonds. The number of benzene rings is 1. The van der Waals surface area contributed by atoms with Crippen molar-refractivity contribution < 1.29 is 4.39 Å². The molecule has 0 aliphatic heterocycles. The molecule has 0 aliphatic rings. The summed E-state index contributed by atoms with van der Waals surface area (Å²) in [6, 6.07) is 4.75. The Hall–Kier alpha value is -0.323. The molecule has 0 unspecified atom stereocenters. The van der Waals surface area contributed by atoms with Crippen molar-refractivity contribution in [3.63, 3.8) is 0 Å². The van der Waals surface area contributed by atoms with Crippen LogP contribution < -0.4 is 0 Å². The highest BCUT2D eigenvalue weighted by atomic mass is 35.5. The lowest BCUT2D eigenvalue weighted by Gasteiger charge is -2.13. The van der Waals surface area contributed by atoms with Crippen LogP contribution in [0.15, 0.2) is 23.2 Å². The number of rotatable bonds is 3. The molecule has 0 saturated carbocycles. The largest absolute Gasteiger partial charge is 0.281 e. The lowest BCUT2D eigenvalue weighted by molar-refractivity contribution is 0.628. The summed E-state index contributed by atoms with van der Waals surface area (Å²) in [6.45, 7) is 6.81. The number of hydrogen-bond acceptors (Lipinski definition) is 2. The molecule has 1 aromatic rings. The Morgan fingerprint density at radius 1 is 1.41 bits per heavy atom. The first kappa shape index (κ1) is 14.7. The number of aliphatic imine (C=N–C) groups is 1. The first-order valence-electron chi connectivity index (χ1n) is 5.37.